The minimum absolute atomic E-state index is 0.182. The summed E-state index contributed by atoms with van der Waals surface area (Å²) in [5.74, 6) is 0.518. The number of fused-ring (bicyclic) bond motifs is 3. The molecule has 2 aromatic carbocycles. The van der Waals surface area contributed by atoms with Crippen LogP contribution in [0.25, 0.3) is 21.8 Å². The smallest absolute Gasteiger partial charge is 0.291 e. The van der Waals surface area contributed by atoms with E-state index >= 15 is 0 Å². The summed E-state index contributed by atoms with van der Waals surface area (Å²) in [6, 6.07) is 15.1. The molecular formula is C26H30N4O3. The first-order valence-corrected chi connectivity index (χ1v) is 11.5. The molecule has 0 aliphatic heterocycles. The van der Waals surface area contributed by atoms with Gasteiger partial charge in [-0.25, -0.2) is 4.68 Å². The molecule has 0 fully saturated rings. The number of hydrogen-bond donors (Lipinski definition) is 0. The van der Waals surface area contributed by atoms with Gasteiger partial charge in [0, 0.05) is 35.1 Å². The highest BCUT2D eigenvalue weighted by molar-refractivity contribution is 6.20. The number of anilines is 1. The van der Waals surface area contributed by atoms with Gasteiger partial charge in [0.25, 0.3) is 11.5 Å². The van der Waals surface area contributed by atoms with E-state index in [2.05, 4.69) is 5.10 Å². The van der Waals surface area contributed by atoms with Crippen molar-refractivity contribution in [1.29, 1.82) is 0 Å². The number of ether oxygens (including phenoxy) is 1. The van der Waals surface area contributed by atoms with E-state index in [0.717, 1.165) is 22.3 Å². The zero-order valence-corrected chi connectivity index (χ0v) is 19.8. The molecule has 2 heterocycles. The van der Waals surface area contributed by atoms with Gasteiger partial charge in [-0.3, -0.25) is 9.59 Å². The fourth-order valence-corrected chi connectivity index (χ4v) is 4.37. The summed E-state index contributed by atoms with van der Waals surface area (Å²) in [6.45, 7) is 11.3. The van der Waals surface area contributed by atoms with Crippen LogP contribution < -0.4 is 15.2 Å². The molecule has 0 aliphatic carbocycles. The second-order valence-corrected chi connectivity index (χ2v) is 8.15. The third-order valence-corrected chi connectivity index (χ3v) is 5.85. The fraction of sp³-hybridized carbons (Fsp3) is 0.346. The normalized spacial score (nSPS) is 11.5. The molecule has 0 bridgehead atoms. The highest BCUT2D eigenvalue weighted by atomic mass is 16.5. The lowest BCUT2D eigenvalue weighted by Gasteiger charge is -2.22. The van der Waals surface area contributed by atoms with E-state index in [1.165, 1.54) is 4.68 Å². The Morgan fingerprint density at radius 3 is 2.36 bits per heavy atom. The number of rotatable bonds is 7. The predicted octanol–water partition coefficient (Wildman–Crippen LogP) is 5.02. The van der Waals surface area contributed by atoms with Crippen LogP contribution in [0.5, 0.6) is 5.75 Å². The maximum absolute atomic E-state index is 13.9. The van der Waals surface area contributed by atoms with Crippen molar-refractivity contribution < 1.29 is 9.53 Å². The van der Waals surface area contributed by atoms with Crippen LogP contribution in [-0.2, 0) is 6.54 Å². The molecule has 1 amide bonds. The molecule has 0 unspecified atom stereocenters. The minimum Gasteiger partial charge on any atom is -0.494 e. The first-order valence-electron chi connectivity index (χ1n) is 11.5. The quantitative estimate of drug-likeness (QED) is 0.400. The van der Waals surface area contributed by atoms with E-state index in [9.17, 15) is 9.59 Å². The molecule has 0 N–H and O–H groups in total. The zero-order chi connectivity index (χ0) is 23.7. The van der Waals surface area contributed by atoms with Crippen LogP contribution in [0.4, 0.5) is 5.69 Å². The lowest BCUT2D eigenvalue weighted by molar-refractivity contribution is 0.0982. The van der Waals surface area contributed by atoms with E-state index in [-0.39, 0.29) is 23.2 Å². The second kappa shape index (κ2) is 9.10. The van der Waals surface area contributed by atoms with Crippen LogP contribution in [0.3, 0.4) is 0 Å². The van der Waals surface area contributed by atoms with Gasteiger partial charge in [-0.05, 0) is 65.0 Å². The first-order chi connectivity index (χ1) is 15.9. The SMILES string of the molecule is CCOc1ccc(N(CC)C(=O)c2nn(C(C)C)c(=O)c3c2c2ccccc2n3CC)cc1. The molecule has 0 spiro atoms. The second-order valence-electron chi connectivity index (χ2n) is 8.15. The van der Waals surface area contributed by atoms with Crippen molar-refractivity contribution in [2.45, 2.75) is 47.2 Å². The Bertz CT molecular complexity index is 1370. The van der Waals surface area contributed by atoms with Gasteiger partial charge in [0.05, 0.1) is 12.6 Å². The molecule has 0 radical (unpaired) electrons. The van der Waals surface area contributed by atoms with Gasteiger partial charge in [0.2, 0.25) is 0 Å². The van der Waals surface area contributed by atoms with Gasteiger partial charge in [-0.1, -0.05) is 18.2 Å². The average Bonchev–Trinajstić information content (AvgIpc) is 3.16. The van der Waals surface area contributed by atoms with Crippen LogP contribution >= 0.6 is 0 Å². The van der Waals surface area contributed by atoms with Crippen molar-refractivity contribution >= 4 is 33.4 Å². The molecular weight excluding hydrogens is 416 g/mol. The number of hydrogen-bond acceptors (Lipinski definition) is 4. The Kier molecular flexibility index (Phi) is 6.22. The van der Waals surface area contributed by atoms with Crippen LogP contribution in [-0.4, -0.2) is 33.4 Å². The molecule has 0 aliphatic rings. The summed E-state index contributed by atoms with van der Waals surface area (Å²) in [5.41, 5.74) is 2.31. The predicted molar refractivity (Wildman–Crippen MR) is 133 cm³/mol. The number of carbonyl (C=O) groups is 1. The molecule has 172 valence electrons. The number of benzene rings is 2. The van der Waals surface area contributed by atoms with E-state index in [0.29, 0.717) is 30.6 Å². The highest BCUT2D eigenvalue weighted by Gasteiger charge is 2.27. The van der Waals surface area contributed by atoms with Crippen LogP contribution in [0.15, 0.2) is 53.3 Å². The van der Waals surface area contributed by atoms with E-state index < -0.39 is 0 Å². The Morgan fingerprint density at radius 2 is 1.76 bits per heavy atom. The number of amides is 1. The maximum Gasteiger partial charge on any atom is 0.291 e. The standard InChI is InChI=1S/C26H30N4O3/c1-6-28(18-13-15-19(16-14-18)33-8-3)25(31)23-22-20-11-9-10-12-21(20)29(7-2)24(22)26(32)30(27-23)17(4)5/h9-17H,6-8H2,1-5H3. The molecule has 7 nitrogen and oxygen atoms in total. The van der Waals surface area contributed by atoms with Gasteiger partial charge < -0.3 is 14.2 Å². The van der Waals surface area contributed by atoms with Crippen molar-refractivity contribution in [1.82, 2.24) is 14.3 Å². The zero-order valence-electron chi connectivity index (χ0n) is 19.8. The topological polar surface area (TPSA) is 69.4 Å². The third-order valence-electron chi connectivity index (χ3n) is 5.85. The van der Waals surface area contributed by atoms with Crippen molar-refractivity contribution in [2.24, 2.45) is 0 Å². The highest BCUT2D eigenvalue weighted by Crippen LogP contribution is 2.31. The van der Waals surface area contributed by atoms with Crippen LogP contribution in [0.2, 0.25) is 0 Å². The Morgan fingerprint density at radius 1 is 1.06 bits per heavy atom. The molecule has 33 heavy (non-hydrogen) atoms. The average molecular weight is 447 g/mol. The molecule has 0 saturated heterocycles. The Hall–Kier alpha value is -3.61. The third kappa shape index (κ3) is 3.77. The molecule has 0 saturated carbocycles. The van der Waals surface area contributed by atoms with Crippen LogP contribution in [0.1, 0.15) is 51.1 Å². The van der Waals surface area contributed by atoms with Gasteiger partial charge in [0.15, 0.2) is 5.69 Å². The molecule has 0 atom stereocenters. The molecule has 4 aromatic rings. The number of carbonyl (C=O) groups excluding carboxylic acids is 1. The van der Waals surface area contributed by atoms with Crippen molar-refractivity contribution in [3.8, 4) is 5.75 Å². The number of para-hydroxylation sites is 1. The van der Waals surface area contributed by atoms with E-state index in [1.54, 1.807) is 4.90 Å². The number of nitrogens with zero attached hydrogens (tertiary/aromatic N) is 4. The van der Waals surface area contributed by atoms with E-state index in [4.69, 9.17) is 4.74 Å². The first kappa shape index (κ1) is 22.6. The monoisotopic (exact) mass is 446 g/mol. The van der Waals surface area contributed by atoms with Gasteiger partial charge in [0.1, 0.15) is 11.3 Å². The fourth-order valence-electron chi connectivity index (χ4n) is 4.37. The van der Waals surface area contributed by atoms with E-state index in [1.807, 2.05) is 87.7 Å². The van der Waals surface area contributed by atoms with Crippen molar-refractivity contribution in [3.05, 3.63) is 64.6 Å². The molecule has 4 rings (SSSR count). The summed E-state index contributed by atoms with van der Waals surface area (Å²) in [6.07, 6.45) is 0. The Labute approximate surface area is 193 Å². The summed E-state index contributed by atoms with van der Waals surface area (Å²) in [7, 11) is 0. The number of aryl methyl sites for hydroxylation is 1. The lowest BCUT2D eigenvalue weighted by Crippen LogP contribution is -2.35. The number of aromatic nitrogens is 3. The summed E-state index contributed by atoms with van der Waals surface area (Å²) in [5, 5.41) is 6.09. The van der Waals surface area contributed by atoms with Crippen LogP contribution in [0, 0.1) is 0 Å². The van der Waals surface area contributed by atoms with Gasteiger partial charge >= 0.3 is 0 Å². The summed E-state index contributed by atoms with van der Waals surface area (Å²) >= 11 is 0. The van der Waals surface area contributed by atoms with Gasteiger partial charge in [-0.15, -0.1) is 0 Å². The van der Waals surface area contributed by atoms with Gasteiger partial charge in [-0.2, -0.15) is 5.10 Å². The maximum atomic E-state index is 13.9. The Balaban J connectivity index is 1.98. The lowest BCUT2D eigenvalue weighted by atomic mass is 10.1. The molecule has 2 aromatic heterocycles. The largest absolute Gasteiger partial charge is 0.494 e. The summed E-state index contributed by atoms with van der Waals surface area (Å²) < 4.78 is 8.95. The molecule has 7 heteroatoms. The van der Waals surface area contributed by atoms with Crippen molar-refractivity contribution in [2.75, 3.05) is 18.1 Å². The minimum atomic E-state index is -0.236. The van der Waals surface area contributed by atoms with Crippen molar-refractivity contribution in [3.63, 3.8) is 0 Å². The summed E-state index contributed by atoms with van der Waals surface area (Å²) in [4.78, 5) is 29.1.